The second-order valence-corrected chi connectivity index (χ2v) is 5.64. The number of hydrogen-bond donors (Lipinski definition) is 1. The summed E-state index contributed by atoms with van der Waals surface area (Å²) in [6, 6.07) is 3.80. The first-order chi connectivity index (χ1) is 8.65. The maximum absolute atomic E-state index is 6.06. The first kappa shape index (κ1) is 12.0. The van der Waals surface area contributed by atoms with Gasteiger partial charge in [-0.3, -0.25) is 0 Å². The minimum atomic E-state index is 0.414. The van der Waals surface area contributed by atoms with E-state index in [1.165, 1.54) is 0 Å². The Labute approximate surface area is 112 Å². The van der Waals surface area contributed by atoms with Crippen molar-refractivity contribution in [1.82, 2.24) is 10.3 Å². The van der Waals surface area contributed by atoms with Crippen molar-refractivity contribution >= 4 is 22.7 Å². The number of rotatable bonds is 1. The van der Waals surface area contributed by atoms with E-state index < -0.39 is 0 Å². The van der Waals surface area contributed by atoms with Crippen molar-refractivity contribution in [3.8, 4) is 0 Å². The molecule has 1 N–H and O–H groups in total. The SMILES string of the molecule is Cc1cc(Cl)cc2nc(C3CCNCC3C)oc12. The van der Waals surface area contributed by atoms with Crippen LogP contribution in [0.1, 0.15) is 30.7 Å². The lowest BCUT2D eigenvalue weighted by Gasteiger charge is -2.26. The largest absolute Gasteiger partial charge is 0.440 e. The molecule has 1 aliphatic rings. The van der Waals surface area contributed by atoms with Crippen molar-refractivity contribution < 1.29 is 4.42 Å². The molecular formula is C14H17ClN2O. The number of aromatic nitrogens is 1. The zero-order valence-electron chi connectivity index (χ0n) is 10.7. The molecule has 2 unspecified atom stereocenters. The topological polar surface area (TPSA) is 38.1 Å². The van der Waals surface area contributed by atoms with Crippen LogP contribution in [0.2, 0.25) is 5.02 Å². The van der Waals surface area contributed by atoms with Crippen LogP contribution >= 0.6 is 11.6 Å². The molecule has 0 amide bonds. The van der Waals surface area contributed by atoms with E-state index in [0.29, 0.717) is 11.8 Å². The molecule has 1 aromatic carbocycles. The molecule has 96 valence electrons. The van der Waals surface area contributed by atoms with Gasteiger partial charge in [-0.1, -0.05) is 18.5 Å². The van der Waals surface area contributed by atoms with Crippen LogP contribution < -0.4 is 5.32 Å². The van der Waals surface area contributed by atoms with Gasteiger partial charge in [-0.05, 0) is 50.0 Å². The molecule has 18 heavy (non-hydrogen) atoms. The highest BCUT2D eigenvalue weighted by molar-refractivity contribution is 6.31. The van der Waals surface area contributed by atoms with Gasteiger partial charge < -0.3 is 9.73 Å². The van der Waals surface area contributed by atoms with Crippen LogP contribution in [0.15, 0.2) is 16.5 Å². The van der Waals surface area contributed by atoms with Crippen molar-refractivity contribution in [2.75, 3.05) is 13.1 Å². The van der Waals surface area contributed by atoms with Crippen molar-refractivity contribution in [1.29, 1.82) is 0 Å². The molecule has 0 bridgehead atoms. The molecule has 0 saturated carbocycles. The second kappa shape index (κ2) is 4.56. The van der Waals surface area contributed by atoms with Crippen molar-refractivity contribution in [3.05, 3.63) is 28.6 Å². The van der Waals surface area contributed by atoms with Gasteiger partial charge in [0.05, 0.1) is 0 Å². The Morgan fingerprint density at radius 2 is 2.28 bits per heavy atom. The number of oxazole rings is 1. The Morgan fingerprint density at radius 1 is 1.44 bits per heavy atom. The summed E-state index contributed by atoms with van der Waals surface area (Å²) in [6.07, 6.45) is 1.08. The molecule has 1 aromatic heterocycles. The summed E-state index contributed by atoms with van der Waals surface area (Å²) in [4.78, 5) is 4.63. The monoisotopic (exact) mass is 264 g/mol. The maximum Gasteiger partial charge on any atom is 0.198 e. The van der Waals surface area contributed by atoms with E-state index in [2.05, 4.69) is 17.2 Å². The van der Waals surface area contributed by atoms with Crippen molar-refractivity contribution in [2.24, 2.45) is 5.92 Å². The molecule has 2 heterocycles. The van der Waals surface area contributed by atoms with Crippen LogP contribution in [0.3, 0.4) is 0 Å². The first-order valence-electron chi connectivity index (χ1n) is 6.42. The number of piperidine rings is 1. The normalized spacial score (nSPS) is 24.6. The number of nitrogens with one attached hydrogen (secondary N) is 1. The van der Waals surface area contributed by atoms with Gasteiger partial charge in [0.1, 0.15) is 5.52 Å². The third-order valence-corrected chi connectivity index (χ3v) is 3.98. The molecule has 0 radical (unpaired) electrons. The summed E-state index contributed by atoms with van der Waals surface area (Å²) in [7, 11) is 0. The summed E-state index contributed by atoms with van der Waals surface area (Å²) >= 11 is 6.06. The summed E-state index contributed by atoms with van der Waals surface area (Å²) in [5.74, 6) is 1.84. The van der Waals surface area contributed by atoms with Crippen LogP contribution in [-0.2, 0) is 0 Å². The average molecular weight is 265 g/mol. The van der Waals surface area contributed by atoms with Gasteiger partial charge in [0.2, 0.25) is 0 Å². The third-order valence-electron chi connectivity index (χ3n) is 3.76. The van der Waals surface area contributed by atoms with Crippen LogP contribution in [-0.4, -0.2) is 18.1 Å². The highest BCUT2D eigenvalue weighted by Crippen LogP contribution is 2.33. The minimum Gasteiger partial charge on any atom is -0.440 e. The third kappa shape index (κ3) is 2.02. The Balaban J connectivity index is 2.05. The zero-order chi connectivity index (χ0) is 12.7. The number of benzene rings is 1. The van der Waals surface area contributed by atoms with Gasteiger partial charge in [-0.25, -0.2) is 4.98 Å². The smallest absolute Gasteiger partial charge is 0.198 e. The molecule has 3 nitrogen and oxygen atoms in total. The lowest BCUT2D eigenvalue weighted by molar-refractivity contribution is 0.303. The number of hydrogen-bond acceptors (Lipinski definition) is 3. The fraction of sp³-hybridized carbons (Fsp3) is 0.500. The molecule has 2 atom stereocenters. The van der Waals surface area contributed by atoms with E-state index in [-0.39, 0.29) is 0 Å². The molecule has 1 fully saturated rings. The Bertz CT molecular complexity index is 578. The number of nitrogens with zero attached hydrogens (tertiary/aromatic N) is 1. The van der Waals surface area contributed by atoms with E-state index in [1.807, 2.05) is 19.1 Å². The zero-order valence-corrected chi connectivity index (χ0v) is 11.4. The maximum atomic E-state index is 6.06. The molecule has 0 spiro atoms. The predicted molar refractivity (Wildman–Crippen MR) is 73.1 cm³/mol. The van der Waals surface area contributed by atoms with Crippen molar-refractivity contribution in [2.45, 2.75) is 26.2 Å². The molecule has 2 aromatic rings. The summed E-state index contributed by atoms with van der Waals surface area (Å²) < 4.78 is 5.97. The predicted octanol–water partition coefficient (Wildman–Crippen LogP) is 3.50. The van der Waals surface area contributed by atoms with E-state index in [4.69, 9.17) is 16.0 Å². The van der Waals surface area contributed by atoms with E-state index in [0.717, 1.165) is 47.1 Å². The summed E-state index contributed by atoms with van der Waals surface area (Å²) in [5.41, 5.74) is 2.80. The molecular weight excluding hydrogens is 248 g/mol. The van der Waals surface area contributed by atoms with E-state index >= 15 is 0 Å². The van der Waals surface area contributed by atoms with Crippen molar-refractivity contribution in [3.63, 3.8) is 0 Å². The van der Waals surface area contributed by atoms with Gasteiger partial charge in [-0.2, -0.15) is 0 Å². The van der Waals surface area contributed by atoms with Gasteiger partial charge in [0, 0.05) is 10.9 Å². The lowest BCUT2D eigenvalue weighted by Crippen LogP contribution is -2.33. The second-order valence-electron chi connectivity index (χ2n) is 5.20. The van der Waals surface area contributed by atoms with Crippen LogP contribution in [0.5, 0.6) is 0 Å². The van der Waals surface area contributed by atoms with E-state index in [9.17, 15) is 0 Å². The van der Waals surface area contributed by atoms with Gasteiger partial charge in [0.15, 0.2) is 11.5 Å². The van der Waals surface area contributed by atoms with Gasteiger partial charge >= 0.3 is 0 Å². The molecule has 1 aliphatic heterocycles. The summed E-state index contributed by atoms with van der Waals surface area (Å²) in [5, 5.41) is 4.12. The molecule has 1 saturated heterocycles. The van der Waals surface area contributed by atoms with Crippen LogP contribution in [0.25, 0.3) is 11.1 Å². The minimum absolute atomic E-state index is 0.414. The average Bonchev–Trinajstić information content (AvgIpc) is 2.73. The quantitative estimate of drug-likeness (QED) is 0.857. The number of fused-ring (bicyclic) bond motifs is 1. The number of aryl methyl sites for hydroxylation is 1. The molecule has 4 heteroatoms. The van der Waals surface area contributed by atoms with Crippen LogP contribution in [0.4, 0.5) is 0 Å². The highest BCUT2D eigenvalue weighted by atomic mass is 35.5. The fourth-order valence-corrected chi connectivity index (χ4v) is 2.98. The van der Waals surface area contributed by atoms with E-state index in [1.54, 1.807) is 0 Å². The molecule has 3 rings (SSSR count). The Hall–Kier alpha value is -1.06. The number of halogens is 1. The first-order valence-corrected chi connectivity index (χ1v) is 6.80. The van der Waals surface area contributed by atoms with Crippen LogP contribution in [0, 0.1) is 12.8 Å². The Kier molecular flexibility index (Phi) is 3.04. The summed E-state index contributed by atoms with van der Waals surface area (Å²) in [6.45, 7) is 6.32. The van der Waals surface area contributed by atoms with Gasteiger partial charge in [0.25, 0.3) is 0 Å². The lowest BCUT2D eigenvalue weighted by atomic mass is 9.88. The highest BCUT2D eigenvalue weighted by Gasteiger charge is 2.27. The molecule has 0 aliphatic carbocycles. The standard InChI is InChI=1S/C14H17ClN2O/c1-8-5-10(15)6-12-13(8)18-14(17-12)11-3-4-16-7-9(11)2/h5-6,9,11,16H,3-4,7H2,1-2H3. The Morgan fingerprint density at radius 3 is 3.06 bits per heavy atom. The van der Waals surface area contributed by atoms with Gasteiger partial charge in [-0.15, -0.1) is 0 Å². The fourth-order valence-electron chi connectivity index (χ4n) is 2.71.